The molecule has 2 aromatic heterocycles. The van der Waals surface area contributed by atoms with E-state index in [9.17, 15) is 0 Å². The topological polar surface area (TPSA) is 91.0 Å². The summed E-state index contributed by atoms with van der Waals surface area (Å²) in [5, 5.41) is 0. The highest BCUT2D eigenvalue weighted by Gasteiger charge is 2.52. The van der Waals surface area contributed by atoms with E-state index in [2.05, 4.69) is 98.8 Å². The minimum atomic E-state index is -0.352. The molecule has 0 amide bonds. The Labute approximate surface area is 292 Å². The lowest BCUT2D eigenvalue weighted by atomic mass is 9.79. The Bertz CT molecular complexity index is 1720. The van der Waals surface area contributed by atoms with Crippen LogP contribution in [0.25, 0.3) is 22.1 Å². The molecule has 4 saturated heterocycles. The predicted molar refractivity (Wildman–Crippen MR) is 195 cm³/mol. The highest BCUT2D eigenvalue weighted by atomic mass is 16.7. The van der Waals surface area contributed by atoms with Crippen LogP contribution in [0.5, 0.6) is 0 Å². The van der Waals surface area contributed by atoms with Gasteiger partial charge in [-0.05, 0) is 129 Å². The first-order valence-corrected chi connectivity index (χ1v) is 17.6. The highest BCUT2D eigenvalue weighted by Crippen LogP contribution is 2.38. The number of ether oxygens (including phenoxy) is 2. The molecule has 12 heteroatoms. The third-order valence-corrected chi connectivity index (χ3v) is 11.2. The molecule has 49 heavy (non-hydrogen) atoms. The molecule has 2 aromatic carbocycles. The van der Waals surface area contributed by atoms with E-state index in [1.54, 1.807) is 0 Å². The molecule has 4 fully saturated rings. The number of rotatable bonds is 4. The van der Waals surface area contributed by atoms with E-state index in [4.69, 9.17) is 28.1 Å². The van der Waals surface area contributed by atoms with Gasteiger partial charge in [0.15, 0.2) is 0 Å². The standard InChI is InChI=1S/2C18H25BN2O3.CH4/c1-17(2)18(3,4)24-19(23-17)13-8-9-15-14(11-13)20-12-21(15)16-7-5-6-10-22-16;1-17(2)18(3,4)24-19(23-17)13-8-9-14-15(11-13)21(12-20-14)16-7-5-6-10-22-16;/h2*8-9,11-12,16H,5-7,10H2,1-4H3;1H4. The van der Waals surface area contributed by atoms with E-state index in [1.807, 2.05) is 24.8 Å². The van der Waals surface area contributed by atoms with Gasteiger partial charge in [-0.3, -0.25) is 0 Å². The number of imidazole rings is 2. The molecule has 0 saturated carbocycles. The summed E-state index contributed by atoms with van der Waals surface area (Å²) >= 11 is 0. The zero-order valence-electron chi connectivity index (χ0n) is 29.8. The van der Waals surface area contributed by atoms with Gasteiger partial charge in [0.2, 0.25) is 0 Å². The predicted octanol–water partition coefficient (Wildman–Crippen LogP) is 6.71. The summed E-state index contributed by atoms with van der Waals surface area (Å²) in [6, 6.07) is 12.4. The lowest BCUT2D eigenvalue weighted by Gasteiger charge is -2.32. The first-order valence-electron chi connectivity index (χ1n) is 17.6. The van der Waals surface area contributed by atoms with E-state index in [1.165, 1.54) is 12.8 Å². The normalized spacial score (nSPS) is 25.6. The maximum absolute atomic E-state index is 6.18. The smallest absolute Gasteiger partial charge is 0.399 e. The van der Waals surface area contributed by atoms with Gasteiger partial charge in [-0.15, -0.1) is 0 Å². The molecule has 0 N–H and O–H groups in total. The number of aromatic nitrogens is 4. The molecule has 4 aromatic rings. The zero-order chi connectivity index (χ0) is 33.9. The lowest BCUT2D eigenvalue weighted by molar-refractivity contribution is -0.0296. The molecular weight excluding hydrogens is 618 g/mol. The maximum atomic E-state index is 6.18. The summed E-state index contributed by atoms with van der Waals surface area (Å²) in [5.74, 6) is 0. The van der Waals surface area contributed by atoms with Gasteiger partial charge in [-0.2, -0.15) is 0 Å². The van der Waals surface area contributed by atoms with Crippen molar-refractivity contribution >= 4 is 47.2 Å². The molecular formula is C37H54B2N4O6. The minimum Gasteiger partial charge on any atom is -0.399 e. The third-order valence-electron chi connectivity index (χ3n) is 11.2. The molecule has 2 atom stereocenters. The second-order valence-electron chi connectivity index (χ2n) is 15.6. The average molecular weight is 672 g/mol. The van der Waals surface area contributed by atoms with Crippen LogP contribution in [0.1, 0.15) is 114 Å². The van der Waals surface area contributed by atoms with Gasteiger partial charge in [0.05, 0.1) is 57.1 Å². The van der Waals surface area contributed by atoms with Crippen LogP contribution in [-0.4, -0.2) is 69.0 Å². The van der Waals surface area contributed by atoms with Gasteiger partial charge in [-0.25, -0.2) is 9.97 Å². The molecule has 4 aliphatic heterocycles. The van der Waals surface area contributed by atoms with Crippen molar-refractivity contribution in [2.24, 2.45) is 0 Å². The quantitative estimate of drug-likeness (QED) is 0.221. The van der Waals surface area contributed by atoms with Gasteiger partial charge < -0.3 is 37.2 Å². The van der Waals surface area contributed by atoms with E-state index in [0.29, 0.717) is 0 Å². The van der Waals surface area contributed by atoms with Crippen LogP contribution in [0.2, 0.25) is 0 Å². The van der Waals surface area contributed by atoms with Crippen molar-refractivity contribution in [1.82, 2.24) is 19.1 Å². The van der Waals surface area contributed by atoms with Gasteiger partial charge in [0.25, 0.3) is 0 Å². The number of hydrogen-bond acceptors (Lipinski definition) is 8. The molecule has 6 heterocycles. The second kappa shape index (κ2) is 13.4. The fraction of sp³-hybridized carbons (Fsp3) is 0.622. The van der Waals surface area contributed by atoms with Crippen molar-refractivity contribution in [3.8, 4) is 0 Å². The Morgan fingerprint density at radius 1 is 0.571 bits per heavy atom. The third kappa shape index (κ3) is 6.85. The maximum Gasteiger partial charge on any atom is 0.494 e. The summed E-state index contributed by atoms with van der Waals surface area (Å²) in [7, 11) is -0.703. The first-order chi connectivity index (χ1) is 22.7. The van der Waals surface area contributed by atoms with E-state index < -0.39 is 0 Å². The number of hydrogen-bond donors (Lipinski definition) is 0. The van der Waals surface area contributed by atoms with Gasteiger partial charge >= 0.3 is 14.2 Å². The van der Waals surface area contributed by atoms with Gasteiger partial charge in [0.1, 0.15) is 12.5 Å². The molecule has 0 spiro atoms. The van der Waals surface area contributed by atoms with Crippen LogP contribution in [0.15, 0.2) is 49.1 Å². The Balaban J connectivity index is 0.000000167. The van der Waals surface area contributed by atoms with Crippen LogP contribution in [0, 0.1) is 0 Å². The largest absolute Gasteiger partial charge is 0.494 e. The molecule has 264 valence electrons. The molecule has 2 unspecified atom stereocenters. The van der Waals surface area contributed by atoms with Crippen molar-refractivity contribution in [1.29, 1.82) is 0 Å². The Hall–Kier alpha value is -2.73. The molecule has 4 aliphatic rings. The summed E-state index contributed by atoms with van der Waals surface area (Å²) in [5.41, 5.74) is 4.81. The molecule has 8 rings (SSSR count). The molecule has 0 bridgehead atoms. The van der Waals surface area contributed by atoms with Gasteiger partial charge in [0, 0.05) is 13.2 Å². The van der Waals surface area contributed by atoms with E-state index in [0.717, 1.165) is 71.9 Å². The SMILES string of the molecule is C.CC1(C)OB(c2ccc3c(c2)ncn3C2CCCCO2)OC1(C)C.CC1(C)OB(c2ccc3ncn(C4CCCCO4)c3c2)OC1(C)C. The van der Waals surface area contributed by atoms with Crippen molar-refractivity contribution in [2.45, 2.75) is 136 Å². The molecule has 10 nitrogen and oxygen atoms in total. The van der Waals surface area contributed by atoms with Crippen molar-refractivity contribution in [2.75, 3.05) is 13.2 Å². The summed E-state index contributed by atoms with van der Waals surface area (Å²) in [6.07, 6.45) is 10.7. The van der Waals surface area contributed by atoms with Crippen LogP contribution < -0.4 is 10.9 Å². The fourth-order valence-corrected chi connectivity index (χ4v) is 6.69. The molecule has 0 radical (unpaired) electrons. The molecule has 0 aliphatic carbocycles. The average Bonchev–Trinajstić information content (AvgIpc) is 3.78. The number of benzene rings is 2. The number of fused-ring (bicyclic) bond motifs is 2. The van der Waals surface area contributed by atoms with Crippen LogP contribution in [0.4, 0.5) is 0 Å². The van der Waals surface area contributed by atoms with Crippen LogP contribution in [-0.2, 0) is 28.1 Å². The minimum absolute atomic E-state index is 0. The number of nitrogens with zero attached hydrogens (tertiary/aromatic N) is 4. The summed E-state index contributed by atoms with van der Waals surface area (Å²) < 4.78 is 40.7. The van der Waals surface area contributed by atoms with Gasteiger partial charge in [-0.1, -0.05) is 19.6 Å². The fourth-order valence-electron chi connectivity index (χ4n) is 6.69. The van der Waals surface area contributed by atoms with Crippen molar-refractivity contribution < 1.29 is 28.1 Å². The zero-order valence-corrected chi connectivity index (χ0v) is 29.8. The van der Waals surface area contributed by atoms with E-state index >= 15 is 0 Å². The second-order valence-corrected chi connectivity index (χ2v) is 15.6. The Morgan fingerprint density at radius 3 is 1.51 bits per heavy atom. The van der Waals surface area contributed by atoms with Crippen LogP contribution >= 0.6 is 0 Å². The Kier molecular flexibility index (Phi) is 9.89. The first kappa shape index (κ1) is 36.1. The van der Waals surface area contributed by atoms with Crippen molar-refractivity contribution in [3.63, 3.8) is 0 Å². The highest BCUT2D eigenvalue weighted by molar-refractivity contribution is 6.62. The summed E-state index contributed by atoms with van der Waals surface area (Å²) in [6.45, 7) is 18.2. The Morgan fingerprint density at radius 2 is 1.02 bits per heavy atom. The lowest BCUT2D eigenvalue weighted by Crippen LogP contribution is -2.41. The van der Waals surface area contributed by atoms with Crippen LogP contribution in [0.3, 0.4) is 0 Å². The van der Waals surface area contributed by atoms with Crippen molar-refractivity contribution in [3.05, 3.63) is 49.1 Å². The monoisotopic (exact) mass is 672 g/mol. The summed E-state index contributed by atoms with van der Waals surface area (Å²) in [4.78, 5) is 9.09. The van der Waals surface area contributed by atoms with E-state index in [-0.39, 0.29) is 56.5 Å².